The zero-order chi connectivity index (χ0) is 8.91. The molecule has 0 radical (unpaired) electrons. The number of halogens is 1. The van der Waals surface area contributed by atoms with Crippen molar-refractivity contribution in [2.45, 2.75) is 25.8 Å². The van der Waals surface area contributed by atoms with E-state index in [9.17, 15) is 4.79 Å². The van der Waals surface area contributed by atoms with E-state index in [1.807, 2.05) is 6.07 Å². The molecule has 0 atom stereocenters. The quantitative estimate of drug-likeness (QED) is 0.650. The summed E-state index contributed by atoms with van der Waals surface area (Å²) in [5.41, 5.74) is -0.472. The van der Waals surface area contributed by atoms with Gasteiger partial charge in [-0.2, -0.15) is 5.26 Å². The first-order valence-electron chi connectivity index (χ1n) is 3.26. The van der Waals surface area contributed by atoms with Crippen LogP contribution in [0.25, 0.3) is 0 Å². The van der Waals surface area contributed by atoms with E-state index in [2.05, 4.69) is 5.32 Å². The standard InChI is InChI=1S/C7H11ClN2O/c1-7(2,3-4-9)10-6(11)5-8/h3,5H2,1-2H3,(H,10,11). The summed E-state index contributed by atoms with van der Waals surface area (Å²) in [4.78, 5) is 10.7. The minimum Gasteiger partial charge on any atom is -0.349 e. The van der Waals surface area contributed by atoms with Crippen LogP contribution in [0.5, 0.6) is 0 Å². The number of carbonyl (C=O) groups is 1. The molecule has 1 amide bonds. The first-order valence-corrected chi connectivity index (χ1v) is 3.79. The van der Waals surface area contributed by atoms with Gasteiger partial charge in [-0.3, -0.25) is 4.79 Å². The molecule has 0 bridgehead atoms. The highest BCUT2D eigenvalue weighted by Gasteiger charge is 2.18. The second-order valence-electron chi connectivity index (χ2n) is 2.90. The highest BCUT2D eigenvalue weighted by molar-refractivity contribution is 6.27. The van der Waals surface area contributed by atoms with Crippen molar-refractivity contribution in [3.8, 4) is 6.07 Å². The summed E-state index contributed by atoms with van der Waals surface area (Å²) in [7, 11) is 0. The van der Waals surface area contributed by atoms with E-state index in [-0.39, 0.29) is 18.2 Å². The molecule has 0 saturated carbocycles. The SMILES string of the molecule is CC(C)(CC#N)NC(=O)CCl. The maximum absolute atomic E-state index is 10.7. The number of hydrogen-bond acceptors (Lipinski definition) is 2. The van der Waals surface area contributed by atoms with Crippen LogP contribution in [-0.4, -0.2) is 17.3 Å². The molecule has 11 heavy (non-hydrogen) atoms. The molecule has 0 aliphatic carbocycles. The number of hydrogen-bond donors (Lipinski definition) is 1. The molecule has 0 aromatic carbocycles. The molecule has 0 aliphatic heterocycles. The van der Waals surface area contributed by atoms with Gasteiger partial charge >= 0.3 is 0 Å². The van der Waals surface area contributed by atoms with E-state index >= 15 is 0 Å². The van der Waals surface area contributed by atoms with Crippen LogP contribution < -0.4 is 5.32 Å². The van der Waals surface area contributed by atoms with Crippen LogP contribution in [0.2, 0.25) is 0 Å². The average molecular weight is 175 g/mol. The van der Waals surface area contributed by atoms with Gasteiger partial charge in [0.25, 0.3) is 0 Å². The van der Waals surface area contributed by atoms with Crippen molar-refractivity contribution in [3.05, 3.63) is 0 Å². The normalized spacial score (nSPS) is 10.4. The van der Waals surface area contributed by atoms with Gasteiger partial charge in [0.2, 0.25) is 5.91 Å². The van der Waals surface area contributed by atoms with Crippen LogP contribution in [0, 0.1) is 11.3 Å². The molecule has 0 aromatic heterocycles. The topological polar surface area (TPSA) is 52.9 Å². The minimum atomic E-state index is -0.472. The molecule has 0 unspecified atom stereocenters. The number of nitrogens with zero attached hydrogens (tertiary/aromatic N) is 1. The lowest BCUT2D eigenvalue weighted by molar-refractivity contribution is -0.120. The van der Waals surface area contributed by atoms with Crippen molar-refractivity contribution in [1.82, 2.24) is 5.32 Å². The van der Waals surface area contributed by atoms with Gasteiger partial charge in [-0.15, -0.1) is 11.6 Å². The maximum atomic E-state index is 10.7. The van der Waals surface area contributed by atoms with Gasteiger partial charge in [0.15, 0.2) is 0 Å². The number of rotatable bonds is 3. The number of carbonyl (C=O) groups excluding carboxylic acids is 1. The zero-order valence-corrected chi connectivity index (χ0v) is 7.40. The Bertz CT molecular complexity index is 183. The molecule has 0 fully saturated rings. The Morgan fingerprint density at radius 2 is 2.27 bits per heavy atom. The van der Waals surface area contributed by atoms with E-state index in [1.54, 1.807) is 13.8 Å². The monoisotopic (exact) mass is 174 g/mol. The predicted molar refractivity (Wildman–Crippen MR) is 43.2 cm³/mol. The zero-order valence-electron chi connectivity index (χ0n) is 6.65. The van der Waals surface area contributed by atoms with Crippen molar-refractivity contribution in [2.24, 2.45) is 0 Å². The lowest BCUT2D eigenvalue weighted by atomic mass is 10.0. The molecule has 4 heteroatoms. The van der Waals surface area contributed by atoms with Gasteiger partial charge in [0.05, 0.1) is 12.5 Å². The van der Waals surface area contributed by atoms with E-state index in [0.29, 0.717) is 0 Å². The third-order valence-electron chi connectivity index (χ3n) is 1.12. The van der Waals surface area contributed by atoms with Crippen LogP contribution in [0.3, 0.4) is 0 Å². The summed E-state index contributed by atoms with van der Waals surface area (Å²) < 4.78 is 0. The van der Waals surface area contributed by atoms with E-state index in [0.717, 1.165) is 0 Å². The molecule has 1 N–H and O–H groups in total. The summed E-state index contributed by atoms with van der Waals surface area (Å²) in [6.07, 6.45) is 0.287. The van der Waals surface area contributed by atoms with E-state index < -0.39 is 5.54 Å². The molecule has 0 rings (SSSR count). The van der Waals surface area contributed by atoms with Crippen LogP contribution in [-0.2, 0) is 4.79 Å². The van der Waals surface area contributed by atoms with Crippen LogP contribution in [0.4, 0.5) is 0 Å². The second-order valence-corrected chi connectivity index (χ2v) is 3.17. The Morgan fingerprint density at radius 3 is 2.64 bits per heavy atom. The molecule has 0 aromatic rings. The fourth-order valence-electron chi connectivity index (χ4n) is 0.653. The van der Waals surface area contributed by atoms with Crippen LogP contribution in [0.1, 0.15) is 20.3 Å². The summed E-state index contributed by atoms with van der Waals surface area (Å²) in [5.74, 6) is -0.304. The third kappa shape index (κ3) is 4.63. The Morgan fingerprint density at radius 1 is 1.73 bits per heavy atom. The van der Waals surface area contributed by atoms with Gasteiger partial charge in [0.1, 0.15) is 5.88 Å². The second kappa shape index (κ2) is 4.20. The van der Waals surface area contributed by atoms with Gasteiger partial charge in [-0.25, -0.2) is 0 Å². The lowest BCUT2D eigenvalue weighted by Gasteiger charge is -2.22. The Kier molecular flexibility index (Phi) is 3.91. The number of alkyl halides is 1. The van der Waals surface area contributed by atoms with E-state index in [1.165, 1.54) is 0 Å². The summed E-state index contributed by atoms with van der Waals surface area (Å²) in [6.45, 7) is 3.56. The molecular formula is C7H11ClN2O. The van der Waals surface area contributed by atoms with Crippen molar-refractivity contribution < 1.29 is 4.79 Å². The molecule has 3 nitrogen and oxygen atoms in total. The first-order chi connectivity index (χ1) is 5.02. The summed E-state index contributed by atoms with van der Waals surface area (Å²) in [6, 6.07) is 1.98. The Hall–Kier alpha value is -0.750. The van der Waals surface area contributed by atoms with Crippen molar-refractivity contribution in [1.29, 1.82) is 5.26 Å². The Labute approximate surface area is 71.3 Å². The van der Waals surface area contributed by atoms with Gasteiger partial charge in [-0.05, 0) is 13.8 Å². The fraction of sp³-hybridized carbons (Fsp3) is 0.714. The smallest absolute Gasteiger partial charge is 0.235 e. The van der Waals surface area contributed by atoms with Gasteiger partial charge in [0, 0.05) is 5.54 Å². The van der Waals surface area contributed by atoms with Gasteiger partial charge < -0.3 is 5.32 Å². The third-order valence-corrected chi connectivity index (χ3v) is 1.36. The highest BCUT2D eigenvalue weighted by Crippen LogP contribution is 2.06. The first kappa shape index (κ1) is 10.2. The average Bonchev–Trinajstić information content (AvgIpc) is 1.86. The van der Waals surface area contributed by atoms with Crippen molar-refractivity contribution in [2.75, 3.05) is 5.88 Å². The molecule has 0 heterocycles. The minimum absolute atomic E-state index is 0.0607. The van der Waals surface area contributed by atoms with Crippen LogP contribution in [0.15, 0.2) is 0 Å². The Balaban J connectivity index is 3.92. The fourth-order valence-corrected chi connectivity index (χ4v) is 0.719. The highest BCUT2D eigenvalue weighted by atomic mass is 35.5. The molecular weight excluding hydrogens is 164 g/mol. The predicted octanol–water partition coefficient (Wildman–Crippen LogP) is 1.03. The lowest BCUT2D eigenvalue weighted by Crippen LogP contribution is -2.43. The van der Waals surface area contributed by atoms with Crippen LogP contribution >= 0.6 is 11.6 Å². The number of amides is 1. The number of nitrogens with one attached hydrogen (secondary N) is 1. The van der Waals surface area contributed by atoms with E-state index in [4.69, 9.17) is 16.9 Å². The summed E-state index contributed by atoms with van der Waals surface area (Å²) in [5, 5.41) is 11.0. The molecule has 0 aliphatic rings. The molecule has 0 spiro atoms. The van der Waals surface area contributed by atoms with Gasteiger partial charge in [-0.1, -0.05) is 0 Å². The van der Waals surface area contributed by atoms with Crippen molar-refractivity contribution in [3.63, 3.8) is 0 Å². The van der Waals surface area contributed by atoms with Crippen molar-refractivity contribution >= 4 is 17.5 Å². The maximum Gasteiger partial charge on any atom is 0.235 e. The summed E-state index contributed by atoms with van der Waals surface area (Å²) >= 11 is 5.26. The molecule has 0 saturated heterocycles. The number of nitriles is 1. The largest absolute Gasteiger partial charge is 0.349 e. The molecule has 62 valence electrons.